The maximum absolute atomic E-state index is 12.3. The highest BCUT2D eigenvalue weighted by Gasteiger charge is 2.22. The predicted octanol–water partition coefficient (Wildman–Crippen LogP) is 3.62. The molecule has 3 rings (SSSR count). The van der Waals surface area contributed by atoms with Gasteiger partial charge in [-0.25, -0.2) is 0 Å². The zero-order valence-electron chi connectivity index (χ0n) is 14.4. The normalized spacial score (nSPS) is 19.2. The maximum Gasteiger partial charge on any atom is 0.246 e. The molecule has 1 aliphatic carbocycles. The standard InChI is InChI=1S/C20H26N2O2/c1-21(17-6-3-2-4-7-17)19(23)14-11-16-9-12-18(13-10-16)22-15-5-8-20(22)24/h9-14,17H,2-8,15H2,1H3/b14-11+. The molecule has 1 saturated heterocycles. The van der Waals surface area contributed by atoms with Gasteiger partial charge in [-0.1, -0.05) is 31.4 Å². The molecular formula is C20H26N2O2. The number of amides is 2. The summed E-state index contributed by atoms with van der Waals surface area (Å²) in [4.78, 5) is 27.8. The number of hydrogen-bond acceptors (Lipinski definition) is 2. The maximum atomic E-state index is 12.3. The van der Waals surface area contributed by atoms with Crippen LogP contribution in [-0.4, -0.2) is 36.3 Å². The molecule has 2 aliphatic rings. The molecule has 4 nitrogen and oxygen atoms in total. The van der Waals surface area contributed by atoms with Crippen LogP contribution in [0.3, 0.4) is 0 Å². The largest absolute Gasteiger partial charge is 0.339 e. The van der Waals surface area contributed by atoms with Crippen LogP contribution < -0.4 is 4.90 Å². The lowest BCUT2D eigenvalue weighted by atomic mass is 9.94. The summed E-state index contributed by atoms with van der Waals surface area (Å²) in [6.07, 6.45) is 11.1. The van der Waals surface area contributed by atoms with Crippen molar-refractivity contribution < 1.29 is 9.59 Å². The number of carbonyl (C=O) groups is 2. The number of anilines is 1. The van der Waals surface area contributed by atoms with Gasteiger partial charge in [-0.05, 0) is 43.0 Å². The lowest BCUT2D eigenvalue weighted by Gasteiger charge is -2.30. The second-order valence-corrected chi connectivity index (χ2v) is 6.81. The van der Waals surface area contributed by atoms with Crippen LogP contribution in [0.5, 0.6) is 0 Å². The molecule has 4 heteroatoms. The lowest BCUT2D eigenvalue weighted by Crippen LogP contribution is -2.37. The molecule has 128 valence electrons. The third-order valence-electron chi connectivity index (χ3n) is 5.17. The quantitative estimate of drug-likeness (QED) is 0.793. The van der Waals surface area contributed by atoms with Gasteiger partial charge in [0.1, 0.15) is 0 Å². The minimum absolute atomic E-state index is 0.0701. The van der Waals surface area contributed by atoms with Crippen LogP contribution in [0.4, 0.5) is 5.69 Å². The van der Waals surface area contributed by atoms with Gasteiger partial charge in [0.2, 0.25) is 11.8 Å². The van der Waals surface area contributed by atoms with Crippen LogP contribution >= 0.6 is 0 Å². The highest BCUT2D eigenvalue weighted by molar-refractivity contribution is 5.95. The van der Waals surface area contributed by atoms with E-state index in [0.29, 0.717) is 12.5 Å². The van der Waals surface area contributed by atoms with Gasteiger partial charge in [-0.15, -0.1) is 0 Å². The summed E-state index contributed by atoms with van der Waals surface area (Å²) in [5.74, 6) is 0.267. The summed E-state index contributed by atoms with van der Waals surface area (Å²) in [5.41, 5.74) is 1.93. The average molecular weight is 326 g/mol. The molecule has 1 saturated carbocycles. The van der Waals surface area contributed by atoms with Gasteiger partial charge >= 0.3 is 0 Å². The van der Waals surface area contributed by atoms with Crippen molar-refractivity contribution in [3.05, 3.63) is 35.9 Å². The van der Waals surface area contributed by atoms with Gasteiger partial charge in [0.05, 0.1) is 0 Å². The summed E-state index contributed by atoms with van der Waals surface area (Å²) in [5, 5.41) is 0. The minimum Gasteiger partial charge on any atom is -0.339 e. The number of benzene rings is 1. The molecule has 0 aromatic heterocycles. The van der Waals surface area contributed by atoms with E-state index < -0.39 is 0 Å². The topological polar surface area (TPSA) is 40.6 Å². The van der Waals surface area contributed by atoms with Gasteiger partial charge < -0.3 is 9.80 Å². The Morgan fingerprint density at radius 2 is 1.83 bits per heavy atom. The van der Waals surface area contributed by atoms with Gasteiger partial charge in [-0.2, -0.15) is 0 Å². The summed E-state index contributed by atoms with van der Waals surface area (Å²) < 4.78 is 0. The SMILES string of the molecule is CN(C(=O)/C=C/c1ccc(N2CCCC2=O)cc1)C1CCCCC1. The predicted molar refractivity (Wildman–Crippen MR) is 96.7 cm³/mol. The lowest BCUT2D eigenvalue weighted by molar-refractivity contribution is -0.127. The fourth-order valence-electron chi connectivity index (χ4n) is 3.62. The molecule has 1 aromatic rings. The van der Waals surface area contributed by atoms with E-state index in [2.05, 4.69) is 0 Å². The van der Waals surface area contributed by atoms with E-state index in [0.717, 1.165) is 37.1 Å². The molecule has 0 N–H and O–H groups in total. The van der Waals surface area contributed by atoms with Crippen molar-refractivity contribution in [2.75, 3.05) is 18.5 Å². The van der Waals surface area contributed by atoms with E-state index >= 15 is 0 Å². The number of rotatable bonds is 4. The molecule has 1 aromatic carbocycles. The molecule has 2 amide bonds. The van der Waals surface area contributed by atoms with Crippen molar-refractivity contribution in [1.29, 1.82) is 0 Å². The Hall–Kier alpha value is -2.10. The third-order valence-corrected chi connectivity index (χ3v) is 5.17. The first-order valence-corrected chi connectivity index (χ1v) is 9.00. The molecule has 1 heterocycles. The van der Waals surface area contributed by atoms with Gasteiger partial charge in [-0.3, -0.25) is 9.59 Å². The Kier molecular flexibility index (Phi) is 5.34. The first-order valence-electron chi connectivity index (χ1n) is 9.00. The van der Waals surface area contributed by atoms with Crippen molar-refractivity contribution in [2.24, 2.45) is 0 Å². The fourth-order valence-corrected chi connectivity index (χ4v) is 3.62. The smallest absolute Gasteiger partial charge is 0.246 e. The highest BCUT2D eigenvalue weighted by Crippen LogP contribution is 2.23. The monoisotopic (exact) mass is 326 g/mol. The van der Waals surface area contributed by atoms with E-state index in [-0.39, 0.29) is 11.8 Å². The van der Waals surface area contributed by atoms with Crippen LogP contribution in [-0.2, 0) is 9.59 Å². The number of hydrogen-bond donors (Lipinski definition) is 0. The van der Waals surface area contributed by atoms with Crippen LogP contribution in [0.25, 0.3) is 6.08 Å². The number of carbonyl (C=O) groups excluding carboxylic acids is 2. The molecule has 0 atom stereocenters. The summed E-state index contributed by atoms with van der Waals surface area (Å²) in [7, 11) is 1.91. The Morgan fingerprint density at radius 3 is 2.46 bits per heavy atom. The molecule has 24 heavy (non-hydrogen) atoms. The Morgan fingerprint density at radius 1 is 1.12 bits per heavy atom. The molecule has 0 spiro atoms. The van der Waals surface area contributed by atoms with E-state index in [9.17, 15) is 9.59 Å². The Balaban J connectivity index is 1.59. The van der Waals surface area contributed by atoms with E-state index in [1.165, 1.54) is 19.3 Å². The average Bonchev–Trinajstić information content (AvgIpc) is 3.06. The number of likely N-dealkylation sites (N-methyl/N-ethyl adjacent to an activating group) is 1. The van der Waals surface area contributed by atoms with Gasteiger partial charge in [0.25, 0.3) is 0 Å². The van der Waals surface area contributed by atoms with Crippen molar-refractivity contribution in [1.82, 2.24) is 4.90 Å². The molecule has 1 aliphatic heterocycles. The van der Waals surface area contributed by atoms with Crippen LogP contribution in [0.2, 0.25) is 0 Å². The zero-order valence-corrected chi connectivity index (χ0v) is 14.4. The molecule has 0 radical (unpaired) electrons. The van der Waals surface area contributed by atoms with Crippen molar-refractivity contribution in [2.45, 2.75) is 51.0 Å². The van der Waals surface area contributed by atoms with Crippen molar-refractivity contribution >= 4 is 23.6 Å². The molecule has 2 fully saturated rings. The van der Waals surface area contributed by atoms with Crippen molar-refractivity contribution in [3.63, 3.8) is 0 Å². The minimum atomic E-state index is 0.0701. The van der Waals surface area contributed by atoms with E-state index in [1.807, 2.05) is 47.2 Å². The van der Waals surface area contributed by atoms with E-state index in [4.69, 9.17) is 0 Å². The summed E-state index contributed by atoms with van der Waals surface area (Å²) in [6, 6.07) is 8.23. The van der Waals surface area contributed by atoms with Crippen molar-refractivity contribution in [3.8, 4) is 0 Å². The van der Waals surface area contributed by atoms with Crippen LogP contribution in [0.15, 0.2) is 30.3 Å². The van der Waals surface area contributed by atoms with Gasteiger partial charge in [0.15, 0.2) is 0 Å². The molecule has 0 bridgehead atoms. The molecular weight excluding hydrogens is 300 g/mol. The second-order valence-electron chi connectivity index (χ2n) is 6.81. The Labute approximate surface area is 144 Å². The fraction of sp³-hybridized carbons (Fsp3) is 0.500. The molecule has 0 unspecified atom stereocenters. The van der Waals surface area contributed by atoms with Crippen LogP contribution in [0.1, 0.15) is 50.5 Å². The second kappa shape index (κ2) is 7.65. The van der Waals surface area contributed by atoms with E-state index in [1.54, 1.807) is 6.08 Å². The van der Waals surface area contributed by atoms with Gasteiger partial charge in [0, 0.05) is 37.8 Å². The van der Waals surface area contributed by atoms with Crippen LogP contribution in [0, 0.1) is 0 Å². The Bertz CT molecular complexity index is 615. The first kappa shape index (κ1) is 16.7. The number of nitrogens with zero attached hydrogens (tertiary/aromatic N) is 2. The summed E-state index contributed by atoms with van der Waals surface area (Å²) >= 11 is 0. The first-order chi connectivity index (χ1) is 11.6. The summed E-state index contributed by atoms with van der Waals surface area (Å²) in [6.45, 7) is 0.804. The third kappa shape index (κ3) is 3.86. The highest BCUT2D eigenvalue weighted by atomic mass is 16.2. The zero-order chi connectivity index (χ0) is 16.9.